The number of sulfonamides is 1. The molecule has 3 atom stereocenters. The van der Waals surface area contributed by atoms with Crippen LogP contribution in [0.5, 0.6) is 0 Å². The van der Waals surface area contributed by atoms with Gasteiger partial charge in [0.15, 0.2) is 15.7 Å². The Hall–Kier alpha value is -4.10. The van der Waals surface area contributed by atoms with E-state index in [4.69, 9.17) is 16.6 Å². The van der Waals surface area contributed by atoms with Gasteiger partial charge in [0.05, 0.1) is 49.6 Å². The van der Waals surface area contributed by atoms with Crippen molar-refractivity contribution in [2.45, 2.75) is 106 Å². The van der Waals surface area contributed by atoms with Crippen LogP contribution in [0.1, 0.15) is 91.8 Å². The molecule has 2 saturated carbocycles. The normalized spacial score (nSPS) is 18.6. The molecule has 1 amide bonds. The summed E-state index contributed by atoms with van der Waals surface area (Å²) in [5, 5.41) is 9.81. The summed E-state index contributed by atoms with van der Waals surface area (Å²) in [4.78, 5) is 19.1. The molecule has 12 nitrogen and oxygen atoms in total. The van der Waals surface area contributed by atoms with Gasteiger partial charge in [0.25, 0.3) is 18.8 Å². The summed E-state index contributed by atoms with van der Waals surface area (Å²) in [7, 11) is -7.66. The number of pyridine rings is 1. The molecule has 2 N–H and O–H groups in total. The molecule has 0 radical (unpaired) electrons. The largest absolute Gasteiger partial charge is 0.346 e. The molecular weight excluding hydrogens is 1050 g/mol. The fourth-order valence-electron chi connectivity index (χ4n) is 8.73. The maximum Gasteiger partial charge on any atom is 0.293 e. The molecule has 8 rings (SSSR count). The molecule has 3 aliphatic rings. The minimum atomic E-state index is -4.07. The molecule has 3 aromatic heterocycles. The average Bonchev–Trinajstić information content (AvgIpc) is 4.10. The Kier molecular flexibility index (Phi) is 12.3. The van der Waals surface area contributed by atoms with Gasteiger partial charge in [-0.25, -0.2) is 43.2 Å². The van der Waals surface area contributed by atoms with Crippen LogP contribution in [-0.2, 0) is 56.5 Å². The third-order valence-electron chi connectivity index (χ3n) is 12.0. The van der Waals surface area contributed by atoms with E-state index in [1.54, 1.807) is 19.9 Å². The number of amides is 1. The highest BCUT2D eigenvalue weighted by atomic mass is 127. The van der Waals surface area contributed by atoms with Crippen molar-refractivity contribution in [3.05, 3.63) is 90.5 Å². The molecule has 5 aromatic rings. The molecule has 3 aliphatic carbocycles. The van der Waals surface area contributed by atoms with Crippen molar-refractivity contribution in [3.63, 3.8) is 0 Å². The quantitative estimate of drug-likeness (QED) is 0.0690. The standard InChI is InChI=1S/C41H39ClF8IN7O5S2/c1-40(2,65(62,63)21-4-5-21)9-8-28-27(51)15-23(22-6-7-26(42)33-36(22)57(16-30(45)46)55-39(33)56-64(3,60)61)34(53-28)29(12-18-10-19(43)13-20(44)11-18)52-31(59)17-58-37-32(35(54-58)38(47)48)24-14-25(24)41(37,49)50/h6-7,10-11,13,15,21,24-25,29-30,38H,4-5,8-9,12,14,16-17H2,1-3H3,(H,52,59)(H,55,56)/t24?,25-,29+/m1/s1. The SMILES string of the molecule is CC(C)(CCc1nc([C@H](Cc2cc(F)cc(F)c2)NC(=O)Cn2nc(C(F)F)c3c2C(F)(F)[C@@H]2CC32)c(-c2ccc(Cl)c3c(NS(C)(=O)=O)nn(CC(F)F)c23)cc1I)S(=O)(=O)C1CC1. The van der Waals surface area contributed by atoms with Crippen molar-refractivity contribution < 1.29 is 56.8 Å². The molecular formula is C41H39ClF8IN7O5S2. The number of aryl methyl sites for hydroxylation is 1. The Morgan fingerprint density at radius 2 is 1.66 bits per heavy atom. The second-order valence-electron chi connectivity index (χ2n) is 17.2. The number of benzene rings is 2. The number of carbonyl (C=O) groups excluding carboxylic acids is 1. The van der Waals surface area contributed by atoms with E-state index in [0.717, 1.165) is 23.1 Å². The Labute approximate surface area is 386 Å². The van der Waals surface area contributed by atoms with Gasteiger partial charge in [-0.1, -0.05) is 17.7 Å². The maximum absolute atomic E-state index is 15.6. The summed E-state index contributed by atoms with van der Waals surface area (Å²) in [5.41, 5.74) is -1.88. The summed E-state index contributed by atoms with van der Waals surface area (Å²) in [6, 6.07) is 5.31. The second-order valence-corrected chi connectivity index (χ2v) is 23.4. The third-order valence-corrected chi connectivity index (χ3v) is 16.9. The van der Waals surface area contributed by atoms with Crippen molar-refractivity contribution in [2.75, 3.05) is 11.0 Å². The van der Waals surface area contributed by atoms with Crippen LogP contribution >= 0.6 is 34.2 Å². The Morgan fingerprint density at radius 1 is 0.985 bits per heavy atom. The summed E-state index contributed by atoms with van der Waals surface area (Å²) >= 11 is 8.54. The van der Waals surface area contributed by atoms with Gasteiger partial charge >= 0.3 is 0 Å². The summed E-state index contributed by atoms with van der Waals surface area (Å²) < 4.78 is 172. The number of rotatable bonds is 17. The lowest BCUT2D eigenvalue weighted by atomic mass is 9.93. The van der Waals surface area contributed by atoms with Gasteiger partial charge in [-0.2, -0.15) is 19.0 Å². The second kappa shape index (κ2) is 16.9. The number of aromatic nitrogens is 5. The highest BCUT2D eigenvalue weighted by Crippen LogP contribution is 2.68. The van der Waals surface area contributed by atoms with Crippen LogP contribution in [0.2, 0.25) is 5.02 Å². The van der Waals surface area contributed by atoms with Crippen molar-refractivity contribution in [1.29, 1.82) is 0 Å². The van der Waals surface area contributed by atoms with Gasteiger partial charge in [-0.05, 0) is 111 Å². The molecule has 3 heterocycles. The smallest absolute Gasteiger partial charge is 0.293 e. The van der Waals surface area contributed by atoms with Crippen molar-refractivity contribution in [1.82, 2.24) is 29.9 Å². The summed E-state index contributed by atoms with van der Waals surface area (Å²) in [6.45, 7) is 1.09. The van der Waals surface area contributed by atoms with E-state index in [1.165, 1.54) is 12.1 Å². The fraction of sp³-hybridized carbons (Fsp3) is 0.463. The minimum absolute atomic E-state index is 0.0226. The highest BCUT2D eigenvalue weighted by Gasteiger charge is 2.67. The first-order valence-electron chi connectivity index (χ1n) is 20.2. The first kappa shape index (κ1) is 47.4. The lowest BCUT2D eigenvalue weighted by Crippen LogP contribution is -2.36. The van der Waals surface area contributed by atoms with Crippen LogP contribution in [0.3, 0.4) is 0 Å². The van der Waals surface area contributed by atoms with Gasteiger partial charge in [0.2, 0.25) is 15.9 Å². The molecule has 0 bridgehead atoms. The molecule has 2 fully saturated rings. The van der Waals surface area contributed by atoms with Gasteiger partial charge < -0.3 is 5.32 Å². The monoisotopic (exact) mass is 1090 g/mol. The number of carbonyl (C=O) groups is 1. The zero-order valence-corrected chi connectivity index (χ0v) is 39.0. The number of hydrogen-bond donors (Lipinski definition) is 2. The Balaban J connectivity index is 1.31. The number of nitrogens with zero attached hydrogens (tertiary/aromatic N) is 5. The number of alkyl halides is 6. The summed E-state index contributed by atoms with van der Waals surface area (Å²) in [6.07, 6.45) is -4.84. The third kappa shape index (κ3) is 9.18. The number of halogens is 10. The van der Waals surface area contributed by atoms with Crippen LogP contribution in [0, 0.1) is 21.1 Å². The molecule has 24 heteroatoms. The number of anilines is 1. The molecule has 65 heavy (non-hydrogen) atoms. The maximum atomic E-state index is 15.6. The van der Waals surface area contributed by atoms with Crippen molar-refractivity contribution in [3.8, 4) is 11.1 Å². The van der Waals surface area contributed by atoms with Crippen LogP contribution in [0.15, 0.2) is 36.4 Å². The molecule has 2 aromatic carbocycles. The fourth-order valence-corrected chi connectivity index (χ4v) is 12.2. The first-order chi connectivity index (χ1) is 30.3. The molecule has 0 saturated heterocycles. The number of sulfone groups is 1. The first-order valence-corrected chi connectivity index (χ1v) is 25.1. The molecule has 350 valence electrons. The Morgan fingerprint density at radius 3 is 2.28 bits per heavy atom. The van der Waals surface area contributed by atoms with E-state index in [0.29, 0.717) is 27.2 Å². The minimum Gasteiger partial charge on any atom is -0.346 e. The molecule has 1 unspecified atom stereocenters. The predicted octanol–water partition coefficient (Wildman–Crippen LogP) is 9.00. The van der Waals surface area contributed by atoms with Gasteiger partial charge in [-0.3, -0.25) is 23.9 Å². The average molecular weight is 1090 g/mol. The van der Waals surface area contributed by atoms with Gasteiger partial charge in [0.1, 0.15) is 36.1 Å². The Bertz CT molecular complexity index is 2960. The van der Waals surface area contributed by atoms with E-state index in [1.807, 2.05) is 22.6 Å². The van der Waals surface area contributed by atoms with Crippen molar-refractivity contribution in [2.24, 2.45) is 5.92 Å². The van der Waals surface area contributed by atoms with Crippen LogP contribution < -0.4 is 10.0 Å². The van der Waals surface area contributed by atoms with Crippen LogP contribution in [0.4, 0.5) is 40.9 Å². The van der Waals surface area contributed by atoms with Gasteiger partial charge in [0, 0.05) is 32.2 Å². The topological polar surface area (TPSA) is 158 Å². The van der Waals surface area contributed by atoms with E-state index < -0.39 is 121 Å². The van der Waals surface area contributed by atoms with E-state index in [9.17, 15) is 48.0 Å². The number of nitrogens with one attached hydrogen (secondary N) is 2. The van der Waals surface area contributed by atoms with E-state index in [-0.39, 0.29) is 68.8 Å². The molecule has 0 spiro atoms. The van der Waals surface area contributed by atoms with E-state index in [2.05, 4.69) is 20.2 Å². The lowest BCUT2D eigenvalue weighted by Gasteiger charge is -2.26. The highest BCUT2D eigenvalue weighted by molar-refractivity contribution is 14.1. The van der Waals surface area contributed by atoms with E-state index >= 15 is 8.78 Å². The number of fused-ring (bicyclic) bond motifs is 4. The summed E-state index contributed by atoms with van der Waals surface area (Å²) in [5.74, 6) is -9.15. The van der Waals surface area contributed by atoms with Crippen LogP contribution in [-0.4, -0.2) is 70.0 Å². The zero-order valence-electron chi connectivity index (χ0n) is 34.5. The van der Waals surface area contributed by atoms with Gasteiger partial charge in [-0.15, -0.1) is 0 Å². The number of hydrogen-bond acceptors (Lipinski definition) is 8. The van der Waals surface area contributed by atoms with Crippen molar-refractivity contribution >= 4 is 76.7 Å². The zero-order chi connectivity index (χ0) is 47.3. The van der Waals surface area contributed by atoms with Crippen LogP contribution in [0.25, 0.3) is 22.0 Å². The lowest BCUT2D eigenvalue weighted by molar-refractivity contribution is -0.123. The molecule has 0 aliphatic heterocycles. The predicted molar refractivity (Wildman–Crippen MR) is 232 cm³/mol.